The van der Waals surface area contributed by atoms with Crippen LogP contribution in [0.2, 0.25) is 0 Å². The lowest BCUT2D eigenvalue weighted by atomic mass is 9.92. The number of nitrogens with zero attached hydrogens (tertiary/aromatic N) is 2. The van der Waals surface area contributed by atoms with E-state index in [0.717, 1.165) is 33.7 Å². The lowest BCUT2D eigenvalue weighted by Gasteiger charge is -2.14. The van der Waals surface area contributed by atoms with E-state index < -0.39 is 0 Å². The average molecular weight is 949 g/mol. The van der Waals surface area contributed by atoms with Gasteiger partial charge >= 0.3 is 0 Å². The van der Waals surface area contributed by atoms with Crippen LogP contribution >= 0.6 is 0 Å². The lowest BCUT2D eigenvalue weighted by Crippen LogP contribution is -1.98. The summed E-state index contributed by atoms with van der Waals surface area (Å²) in [5.41, 5.74) is 11.1. The lowest BCUT2D eigenvalue weighted by molar-refractivity contribution is 1.10. The summed E-state index contributed by atoms with van der Waals surface area (Å²) < 4.78 is 2.34. The first kappa shape index (κ1) is 41.7. The van der Waals surface area contributed by atoms with E-state index in [0.29, 0.717) is 0 Å². The van der Waals surface area contributed by atoms with E-state index in [1.807, 2.05) is 0 Å². The van der Waals surface area contributed by atoms with Crippen molar-refractivity contribution in [1.82, 2.24) is 9.55 Å². The molecule has 16 aromatic rings. The normalized spacial score (nSPS) is 12.0. The Kier molecular flexibility index (Phi) is 9.07. The van der Waals surface area contributed by atoms with Gasteiger partial charge in [-0.05, 0) is 173 Å². The first-order chi connectivity index (χ1) is 37.2. The highest BCUT2D eigenvalue weighted by molar-refractivity contribution is 6.28. The van der Waals surface area contributed by atoms with Crippen molar-refractivity contribution in [3.8, 4) is 50.5 Å². The van der Waals surface area contributed by atoms with Crippen molar-refractivity contribution >= 4 is 108 Å². The third-order valence-electron chi connectivity index (χ3n) is 16.2. The van der Waals surface area contributed by atoms with Gasteiger partial charge in [0.2, 0.25) is 0 Å². The van der Waals surface area contributed by atoms with Crippen molar-refractivity contribution in [2.24, 2.45) is 0 Å². The first-order valence-corrected chi connectivity index (χ1v) is 25.9. The molecule has 0 fully saturated rings. The van der Waals surface area contributed by atoms with Crippen molar-refractivity contribution in [2.45, 2.75) is 0 Å². The van der Waals surface area contributed by atoms with Crippen LogP contribution in [0.1, 0.15) is 0 Å². The second-order valence-corrected chi connectivity index (χ2v) is 20.2. The zero-order chi connectivity index (χ0) is 49.1. The molecule has 2 heteroatoms. The second kappa shape index (κ2) is 16.3. The van der Waals surface area contributed by atoms with Crippen LogP contribution in [0.3, 0.4) is 0 Å². The van der Waals surface area contributed by atoms with Gasteiger partial charge in [0.25, 0.3) is 0 Å². The predicted octanol–water partition coefficient (Wildman–Crippen LogP) is 20.1. The fourth-order valence-electron chi connectivity index (χ4n) is 12.6. The third kappa shape index (κ3) is 6.43. The van der Waals surface area contributed by atoms with E-state index in [1.165, 1.54) is 125 Å². The number of aromatic nitrogens is 2. The summed E-state index contributed by atoms with van der Waals surface area (Å²) in [4.78, 5) is 5.54. The van der Waals surface area contributed by atoms with Crippen LogP contribution in [0.25, 0.3) is 158 Å². The Bertz CT molecular complexity index is 4940. The molecule has 0 saturated carbocycles. The fourth-order valence-corrected chi connectivity index (χ4v) is 12.6. The molecule has 0 N–H and O–H groups in total. The van der Waals surface area contributed by atoms with Gasteiger partial charge in [-0.2, -0.15) is 0 Å². The zero-order valence-corrected chi connectivity index (χ0v) is 40.8. The molecule has 0 bridgehead atoms. The minimum absolute atomic E-state index is 0.900. The Balaban J connectivity index is 0.832. The largest absolute Gasteiger partial charge is 0.292 e. The minimum Gasteiger partial charge on any atom is -0.292 e. The molecular weight excluding hydrogens is 905 g/mol. The quantitative estimate of drug-likeness (QED) is 0.157. The molecule has 16 rings (SSSR count). The van der Waals surface area contributed by atoms with Gasteiger partial charge in [0, 0.05) is 11.3 Å². The fraction of sp³-hybridized carbons (Fsp3) is 0. The molecule has 0 aliphatic rings. The SMILES string of the molecule is c1ccc2c(c1)c1ccccc1c1cc(-c3ccc(-c4nc5cc(-c6ccc7c8ccccc8c8ccccc8c7c6)ccc5n4-c4ccc(-c5ccc6c7ccccc7c7ccccc7c6c5)cc4)cc3)ccc21. The Hall–Kier alpha value is -9.89. The highest BCUT2D eigenvalue weighted by Gasteiger charge is 2.19. The monoisotopic (exact) mass is 948 g/mol. The van der Waals surface area contributed by atoms with Crippen LogP contribution < -0.4 is 0 Å². The van der Waals surface area contributed by atoms with Gasteiger partial charge in [-0.25, -0.2) is 4.98 Å². The third-order valence-corrected chi connectivity index (χ3v) is 16.2. The maximum atomic E-state index is 5.54. The van der Waals surface area contributed by atoms with Gasteiger partial charge in [-0.1, -0.05) is 224 Å². The number of hydrogen-bond donors (Lipinski definition) is 0. The number of benzene rings is 15. The van der Waals surface area contributed by atoms with Crippen molar-refractivity contribution in [3.05, 3.63) is 267 Å². The highest BCUT2D eigenvalue weighted by atomic mass is 15.1. The van der Waals surface area contributed by atoms with Crippen molar-refractivity contribution in [2.75, 3.05) is 0 Å². The van der Waals surface area contributed by atoms with Crippen molar-refractivity contribution < 1.29 is 0 Å². The van der Waals surface area contributed by atoms with Gasteiger partial charge in [0.1, 0.15) is 5.82 Å². The molecule has 0 atom stereocenters. The first-order valence-electron chi connectivity index (χ1n) is 25.9. The zero-order valence-electron chi connectivity index (χ0n) is 40.8. The molecule has 0 unspecified atom stereocenters. The molecule has 0 aliphatic heterocycles. The summed E-state index contributed by atoms with van der Waals surface area (Å²) in [6.45, 7) is 0. The van der Waals surface area contributed by atoms with Crippen LogP contribution in [0.4, 0.5) is 0 Å². The Morgan fingerprint density at radius 1 is 0.200 bits per heavy atom. The summed E-state index contributed by atoms with van der Waals surface area (Å²) >= 11 is 0. The average Bonchev–Trinajstić information content (AvgIpc) is 3.88. The van der Waals surface area contributed by atoms with Crippen LogP contribution in [0.15, 0.2) is 267 Å². The molecule has 1 heterocycles. The number of fused-ring (bicyclic) bond motifs is 19. The summed E-state index contributed by atoms with van der Waals surface area (Å²) in [6, 6.07) is 98.4. The van der Waals surface area contributed by atoms with Gasteiger partial charge in [-0.3, -0.25) is 4.57 Å². The predicted molar refractivity (Wildman–Crippen MR) is 320 cm³/mol. The topological polar surface area (TPSA) is 17.8 Å². The maximum absolute atomic E-state index is 5.54. The summed E-state index contributed by atoms with van der Waals surface area (Å²) in [5.74, 6) is 0.900. The van der Waals surface area contributed by atoms with Crippen LogP contribution in [-0.4, -0.2) is 9.55 Å². The standard InChI is InChI=1S/C73H44N2/c1-4-19-59-53(13-1)56-16-7-10-22-62(56)68-41-48(31-37-65(59)68)45-25-27-47(28-26-45)73-74-71-44-51(50-33-39-67-61-21-6-3-15-55(61)58-18-9-12-24-64(58)70(67)43-50)34-40-72(71)75(73)52-35-29-46(30-36-52)49-32-38-66-60-20-5-2-14-54(60)57-17-8-11-23-63(57)69(66)42-49/h1-44H. The van der Waals surface area contributed by atoms with Crippen molar-refractivity contribution in [3.63, 3.8) is 0 Å². The van der Waals surface area contributed by atoms with E-state index >= 15 is 0 Å². The molecule has 2 nitrogen and oxygen atoms in total. The molecular formula is C73H44N2. The molecule has 0 amide bonds. The number of imidazole rings is 1. The van der Waals surface area contributed by atoms with E-state index in [2.05, 4.69) is 271 Å². The highest BCUT2D eigenvalue weighted by Crippen LogP contribution is 2.42. The smallest absolute Gasteiger partial charge is 0.145 e. The molecule has 75 heavy (non-hydrogen) atoms. The molecule has 1 aromatic heterocycles. The van der Waals surface area contributed by atoms with E-state index in [9.17, 15) is 0 Å². The molecule has 15 aromatic carbocycles. The van der Waals surface area contributed by atoms with E-state index in [4.69, 9.17) is 4.98 Å². The Labute approximate surface area is 432 Å². The van der Waals surface area contributed by atoms with Crippen LogP contribution in [0.5, 0.6) is 0 Å². The molecule has 0 aliphatic carbocycles. The van der Waals surface area contributed by atoms with Gasteiger partial charge in [0.05, 0.1) is 11.0 Å². The molecule has 346 valence electrons. The van der Waals surface area contributed by atoms with Gasteiger partial charge < -0.3 is 0 Å². The van der Waals surface area contributed by atoms with Gasteiger partial charge in [-0.15, -0.1) is 0 Å². The minimum atomic E-state index is 0.900. The summed E-state index contributed by atoms with van der Waals surface area (Å²) in [6.07, 6.45) is 0. The summed E-state index contributed by atoms with van der Waals surface area (Å²) in [7, 11) is 0. The second-order valence-electron chi connectivity index (χ2n) is 20.2. The Morgan fingerprint density at radius 3 is 0.813 bits per heavy atom. The summed E-state index contributed by atoms with van der Waals surface area (Å²) in [5, 5.41) is 23.0. The maximum Gasteiger partial charge on any atom is 0.145 e. The van der Waals surface area contributed by atoms with Crippen molar-refractivity contribution in [1.29, 1.82) is 0 Å². The van der Waals surface area contributed by atoms with Crippen LogP contribution in [-0.2, 0) is 0 Å². The molecule has 0 radical (unpaired) electrons. The van der Waals surface area contributed by atoms with E-state index in [1.54, 1.807) is 0 Å². The van der Waals surface area contributed by atoms with E-state index in [-0.39, 0.29) is 0 Å². The Morgan fingerprint density at radius 2 is 0.453 bits per heavy atom. The van der Waals surface area contributed by atoms with Crippen LogP contribution in [0, 0.1) is 0 Å². The van der Waals surface area contributed by atoms with Gasteiger partial charge in [0.15, 0.2) is 0 Å². The number of hydrogen-bond acceptors (Lipinski definition) is 1. The molecule has 0 saturated heterocycles. The molecule has 0 spiro atoms. The number of rotatable bonds is 5.